The summed E-state index contributed by atoms with van der Waals surface area (Å²) in [6, 6.07) is 8.85. The Morgan fingerprint density at radius 1 is 1.17 bits per heavy atom. The lowest BCUT2D eigenvalue weighted by molar-refractivity contribution is -0.130. The van der Waals surface area contributed by atoms with E-state index in [1.165, 1.54) is 36.1 Å². The normalized spacial score (nSPS) is 22.5. The number of hydrogen-bond acceptors (Lipinski definition) is 3. The van der Waals surface area contributed by atoms with Crippen LogP contribution in [0.15, 0.2) is 24.3 Å². The van der Waals surface area contributed by atoms with Gasteiger partial charge in [-0.1, -0.05) is 29.8 Å². The van der Waals surface area contributed by atoms with Crippen LogP contribution in [0, 0.1) is 26.2 Å². The molecule has 2 aromatic rings. The molecule has 29 heavy (non-hydrogen) atoms. The molecule has 5 nitrogen and oxygen atoms in total. The van der Waals surface area contributed by atoms with E-state index in [9.17, 15) is 4.79 Å². The molecule has 156 valence electrons. The molecule has 1 aromatic carbocycles. The van der Waals surface area contributed by atoms with Gasteiger partial charge in [0.1, 0.15) is 0 Å². The number of nitrogens with one attached hydrogen (secondary N) is 1. The van der Waals surface area contributed by atoms with Gasteiger partial charge in [-0.25, -0.2) is 0 Å². The number of amides is 1. The average molecular weight is 395 g/mol. The molecule has 2 saturated heterocycles. The molecular formula is C24H34N4O. The first-order chi connectivity index (χ1) is 13.9. The Kier molecular flexibility index (Phi) is 5.77. The quantitative estimate of drug-likeness (QED) is 0.840. The first kappa shape index (κ1) is 20.1. The predicted octanol–water partition coefficient (Wildman–Crippen LogP) is 3.78. The zero-order valence-corrected chi connectivity index (χ0v) is 18.1. The molecule has 2 aliphatic heterocycles. The Bertz CT molecular complexity index is 874. The Morgan fingerprint density at radius 3 is 2.79 bits per heavy atom. The van der Waals surface area contributed by atoms with E-state index >= 15 is 0 Å². The number of H-pyrrole nitrogens is 1. The molecule has 0 unspecified atom stereocenters. The van der Waals surface area contributed by atoms with Crippen molar-refractivity contribution < 1.29 is 4.79 Å². The molecule has 4 rings (SSSR count). The number of aryl methyl sites for hydroxylation is 3. The van der Waals surface area contributed by atoms with Gasteiger partial charge in [-0.2, -0.15) is 5.10 Å². The van der Waals surface area contributed by atoms with Gasteiger partial charge in [0.2, 0.25) is 5.91 Å². The van der Waals surface area contributed by atoms with Crippen LogP contribution >= 0.6 is 0 Å². The van der Waals surface area contributed by atoms with Gasteiger partial charge < -0.3 is 4.90 Å². The lowest BCUT2D eigenvalue weighted by Gasteiger charge is -2.40. The first-order valence-electron chi connectivity index (χ1n) is 11.0. The van der Waals surface area contributed by atoms with Gasteiger partial charge in [0.05, 0.1) is 5.69 Å². The molecular weight excluding hydrogens is 360 g/mol. The highest BCUT2D eigenvalue weighted by molar-refractivity contribution is 5.76. The minimum absolute atomic E-state index is 0.288. The lowest BCUT2D eigenvalue weighted by atomic mass is 9.79. The molecule has 1 N–H and O–H groups in total. The molecule has 1 amide bonds. The van der Waals surface area contributed by atoms with Crippen molar-refractivity contribution >= 4 is 5.91 Å². The van der Waals surface area contributed by atoms with Gasteiger partial charge >= 0.3 is 0 Å². The number of rotatable bonds is 5. The van der Waals surface area contributed by atoms with Crippen molar-refractivity contribution in [2.45, 2.75) is 59.4 Å². The molecule has 2 fully saturated rings. The Balaban J connectivity index is 1.32. The largest absolute Gasteiger partial charge is 0.342 e. The summed E-state index contributed by atoms with van der Waals surface area (Å²) in [6.45, 7) is 11.4. The Morgan fingerprint density at radius 2 is 2.03 bits per heavy atom. The minimum atomic E-state index is 0.288. The minimum Gasteiger partial charge on any atom is -0.342 e. The Hall–Kier alpha value is -2.14. The van der Waals surface area contributed by atoms with Gasteiger partial charge in [-0.05, 0) is 57.7 Å². The fourth-order valence-electron chi connectivity index (χ4n) is 5.16. The second-order valence-corrected chi connectivity index (χ2v) is 9.29. The number of hydrogen-bond donors (Lipinski definition) is 1. The molecule has 0 aliphatic carbocycles. The molecule has 2 aliphatic rings. The molecule has 1 aromatic heterocycles. The van der Waals surface area contributed by atoms with E-state index in [2.05, 4.69) is 58.1 Å². The maximum Gasteiger partial charge on any atom is 0.222 e. The van der Waals surface area contributed by atoms with Crippen molar-refractivity contribution in [1.29, 1.82) is 0 Å². The van der Waals surface area contributed by atoms with Gasteiger partial charge in [-0.15, -0.1) is 0 Å². The standard InChI is InChI=1S/C24H34N4O/c1-18-6-4-7-21(14-18)15-27-12-5-10-24(16-27)11-13-28(17-24)23(29)9-8-22-19(2)20(3)25-26-22/h4,6-7,14H,5,8-13,15-17H2,1-3H3,(H,25,26)/t24-/m0/s1. The molecule has 0 radical (unpaired) electrons. The summed E-state index contributed by atoms with van der Waals surface area (Å²) in [5.74, 6) is 0.290. The summed E-state index contributed by atoms with van der Waals surface area (Å²) in [6.07, 6.45) is 4.92. The van der Waals surface area contributed by atoms with Crippen LogP contribution in [0.25, 0.3) is 0 Å². The molecule has 3 heterocycles. The van der Waals surface area contributed by atoms with E-state index in [1.54, 1.807) is 0 Å². The van der Waals surface area contributed by atoms with Gasteiger partial charge in [0.15, 0.2) is 0 Å². The summed E-state index contributed by atoms with van der Waals surface area (Å²) < 4.78 is 0. The van der Waals surface area contributed by atoms with E-state index < -0.39 is 0 Å². The van der Waals surface area contributed by atoms with Crippen LogP contribution in [0.1, 0.15) is 53.8 Å². The van der Waals surface area contributed by atoms with Crippen molar-refractivity contribution in [3.8, 4) is 0 Å². The zero-order chi connectivity index (χ0) is 20.4. The summed E-state index contributed by atoms with van der Waals surface area (Å²) in [5, 5.41) is 7.38. The summed E-state index contributed by atoms with van der Waals surface area (Å²) in [4.78, 5) is 17.6. The van der Waals surface area contributed by atoms with E-state index in [0.29, 0.717) is 6.42 Å². The molecule has 1 spiro atoms. The number of carbonyl (C=O) groups is 1. The van der Waals surface area contributed by atoms with Crippen molar-refractivity contribution in [3.63, 3.8) is 0 Å². The lowest BCUT2D eigenvalue weighted by Crippen LogP contribution is -2.45. The summed E-state index contributed by atoms with van der Waals surface area (Å²) in [7, 11) is 0. The predicted molar refractivity (Wildman–Crippen MR) is 116 cm³/mol. The second-order valence-electron chi connectivity index (χ2n) is 9.29. The fraction of sp³-hybridized carbons (Fsp3) is 0.583. The highest BCUT2D eigenvalue weighted by Gasteiger charge is 2.42. The van der Waals surface area contributed by atoms with E-state index in [0.717, 1.165) is 50.4 Å². The van der Waals surface area contributed by atoms with Crippen molar-refractivity contribution in [2.24, 2.45) is 5.41 Å². The maximum absolute atomic E-state index is 12.8. The van der Waals surface area contributed by atoms with Gasteiger partial charge in [0, 0.05) is 50.1 Å². The monoisotopic (exact) mass is 394 g/mol. The van der Waals surface area contributed by atoms with Gasteiger partial charge in [-0.3, -0.25) is 14.8 Å². The number of nitrogens with zero attached hydrogens (tertiary/aromatic N) is 3. The fourth-order valence-corrected chi connectivity index (χ4v) is 5.16. The van der Waals surface area contributed by atoms with E-state index in [4.69, 9.17) is 0 Å². The summed E-state index contributed by atoms with van der Waals surface area (Å²) >= 11 is 0. The van der Waals surface area contributed by atoms with Gasteiger partial charge in [0.25, 0.3) is 0 Å². The van der Waals surface area contributed by atoms with Crippen LogP contribution in [0.3, 0.4) is 0 Å². The van der Waals surface area contributed by atoms with Crippen LogP contribution in [0.4, 0.5) is 0 Å². The first-order valence-corrected chi connectivity index (χ1v) is 11.0. The topological polar surface area (TPSA) is 52.2 Å². The summed E-state index contributed by atoms with van der Waals surface area (Å²) in [5.41, 5.74) is 6.34. The van der Waals surface area contributed by atoms with Crippen molar-refractivity contribution in [1.82, 2.24) is 20.0 Å². The van der Waals surface area contributed by atoms with Crippen LogP contribution in [-0.2, 0) is 17.8 Å². The molecule has 0 bridgehead atoms. The zero-order valence-electron chi connectivity index (χ0n) is 18.1. The third-order valence-corrected chi connectivity index (χ3v) is 6.95. The molecule has 5 heteroatoms. The van der Waals surface area contributed by atoms with E-state index in [1.807, 2.05) is 6.92 Å². The smallest absolute Gasteiger partial charge is 0.222 e. The molecule has 0 saturated carbocycles. The highest BCUT2D eigenvalue weighted by Crippen LogP contribution is 2.39. The second kappa shape index (κ2) is 8.31. The number of piperidine rings is 1. The molecule has 1 atom stereocenters. The maximum atomic E-state index is 12.8. The SMILES string of the molecule is Cc1cccc(CN2CCC[C@]3(CCN(C(=O)CCc4n[nH]c(C)c4C)C3)C2)c1. The average Bonchev–Trinajstić information content (AvgIpc) is 3.24. The van der Waals surface area contributed by atoms with E-state index in [-0.39, 0.29) is 11.3 Å². The number of benzene rings is 1. The number of aromatic nitrogens is 2. The van der Waals surface area contributed by atoms with Crippen molar-refractivity contribution in [2.75, 3.05) is 26.2 Å². The number of likely N-dealkylation sites (tertiary alicyclic amines) is 2. The number of carbonyl (C=O) groups excluding carboxylic acids is 1. The van der Waals surface area contributed by atoms with Crippen LogP contribution in [0.2, 0.25) is 0 Å². The van der Waals surface area contributed by atoms with Crippen LogP contribution in [-0.4, -0.2) is 52.1 Å². The van der Waals surface area contributed by atoms with Crippen molar-refractivity contribution in [3.05, 3.63) is 52.3 Å². The third kappa shape index (κ3) is 4.55. The van der Waals surface area contributed by atoms with Crippen LogP contribution in [0.5, 0.6) is 0 Å². The third-order valence-electron chi connectivity index (χ3n) is 6.95. The number of aromatic amines is 1. The van der Waals surface area contributed by atoms with Crippen LogP contribution < -0.4 is 0 Å². The highest BCUT2D eigenvalue weighted by atomic mass is 16.2. The Labute approximate surface area is 174 Å².